The van der Waals surface area contributed by atoms with Crippen molar-refractivity contribution in [2.45, 2.75) is 25.5 Å². The molecule has 1 aromatic heterocycles. The molecule has 0 spiro atoms. The van der Waals surface area contributed by atoms with Crippen molar-refractivity contribution in [2.75, 3.05) is 18.1 Å². The highest BCUT2D eigenvalue weighted by Gasteiger charge is 2.19. The fourth-order valence-corrected chi connectivity index (χ4v) is 3.40. The zero-order valence-electron chi connectivity index (χ0n) is 16.2. The molecule has 1 aliphatic heterocycles. The van der Waals surface area contributed by atoms with Crippen molar-refractivity contribution in [3.8, 4) is 0 Å². The van der Waals surface area contributed by atoms with E-state index in [1.165, 1.54) is 6.33 Å². The first-order valence-electron chi connectivity index (χ1n) is 9.88. The number of carbonyl (C=O) groups is 1. The summed E-state index contributed by atoms with van der Waals surface area (Å²) >= 11 is 0. The maximum atomic E-state index is 12.6. The maximum absolute atomic E-state index is 12.6. The number of para-hydroxylation sites is 1. The molecule has 0 aliphatic carbocycles. The molecule has 0 bridgehead atoms. The Hall–Kier alpha value is -3.25. The molecule has 1 N–H and O–H groups in total. The van der Waals surface area contributed by atoms with Crippen LogP contribution in [0.3, 0.4) is 0 Å². The summed E-state index contributed by atoms with van der Waals surface area (Å²) in [5, 5.41) is 2.92. The van der Waals surface area contributed by atoms with Gasteiger partial charge in [-0.3, -0.25) is 4.79 Å². The molecule has 1 atom stereocenters. The van der Waals surface area contributed by atoms with E-state index in [4.69, 9.17) is 4.74 Å². The lowest BCUT2D eigenvalue weighted by Crippen LogP contribution is -2.32. The monoisotopic (exact) mass is 388 g/mol. The predicted octanol–water partition coefficient (Wildman–Crippen LogP) is 3.72. The second-order valence-corrected chi connectivity index (χ2v) is 7.01. The standard InChI is InChI=1S/C23H24N4O2/c28-23(24-15-20-12-7-13-29-20)21-14-22(26-17-25-21)27(19-10-5-2-6-11-19)16-18-8-3-1-4-9-18/h1-6,8-11,14,17,20H,7,12-13,15-16H2,(H,24,28). The second-order valence-electron chi connectivity index (χ2n) is 7.01. The van der Waals surface area contributed by atoms with Crippen LogP contribution in [0.1, 0.15) is 28.9 Å². The number of nitrogens with zero attached hydrogens (tertiary/aromatic N) is 3. The number of hydrogen-bond donors (Lipinski definition) is 1. The summed E-state index contributed by atoms with van der Waals surface area (Å²) in [6.45, 7) is 1.91. The van der Waals surface area contributed by atoms with Gasteiger partial charge in [0.05, 0.1) is 6.10 Å². The average Bonchev–Trinajstić information content (AvgIpc) is 3.31. The Morgan fingerprint density at radius 2 is 1.83 bits per heavy atom. The van der Waals surface area contributed by atoms with Crippen molar-refractivity contribution >= 4 is 17.4 Å². The lowest BCUT2D eigenvalue weighted by atomic mass is 10.2. The third-order valence-electron chi connectivity index (χ3n) is 4.93. The number of anilines is 2. The minimum Gasteiger partial charge on any atom is -0.376 e. The number of nitrogens with one attached hydrogen (secondary N) is 1. The van der Waals surface area contributed by atoms with E-state index in [2.05, 4.69) is 32.3 Å². The summed E-state index contributed by atoms with van der Waals surface area (Å²) < 4.78 is 5.57. The van der Waals surface area contributed by atoms with Crippen LogP contribution >= 0.6 is 0 Å². The molecule has 0 saturated carbocycles. The number of amides is 1. The molecule has 1 unspecified atom stereocenters. The fraction of sp³-hybridized carbons (Fsp3) is 0.261. The molecule has 0 radical (unpaired) electrons. The number of benzene rings is 2. The predicted molar refractivity (Wildman–Crippen MR) is 112 cm³/mol. The van der Waals surface area contributed by atoms with Gasteiger partial charge in [-0.15, -0.1) is 0 Å². The van der Waals surface area contributed by atoms with Crippen LogP contribution in [0.25, 0.3) is 0 Å². The van der Waals surface area contributed by atoms with Crippen LogP contribution in [0, 0.1) is 0 Å². The summed E-state index contributed by atoms with van der Waals surface area (Å²) in [6.07, 6.45) is 3.56. The van der Waals surface area contributed by atoms with Crippen molar-refractivity contribution in [2.24, 2.45) is 0 Å². The largest absolute Gasteiger partial charge is 0.376 e. The highest BCUT2D eigenvalue weighted by molar-refractivity contribution is 5.93. The van der Waals surface area contributed by atoms with E-state index >= 15 is 0 Å². The smallest absolute Gasteiger partial charge is 0.270 e. The number of carbonyl (C=O) groups excluding carboxylic acids is 1. The molecule has 1 saturated heterocycles. The van der Waals surface area contributed by atoms with Gasteiger partial charge in [-0.2, -0.15) is 0 Å². The fourth-order valence-electron chi connectivity index (χ4n) is 3.40. The highest BCUT2D eigenvalue weighted by Crippen LogP contribution is 2.26. The van der Waals surface area contributed by atoms with Gasteiger partial charge in [0.2, 0.25) is 0 Å². The second kappa shape index (κ2) is 9.30. The van der Waals surface area contributed by atoms with E-state index in [1.54, 1.807) is 6.07 Å². The van der Waals surface area contributed by atoms with Crippen LogP contribution in [0.5, 0.6) is 0 Å². The molecule has 2 heterocycles. The molecule has 2 aromatic carbocycles. The third-order valence-corrected chi connectivity index (χ3v) is 4.93. The van der Waals surface area contributed by atoms with Gasteiger partial charge < -0.3 is 15.0 Å². The summed E-state index contributed by atoms with van der Waals surface area (Å²) in [5.74, 6) is 0.467. The van der Waals surface area contributed by atoms with E-state index in [-0.39, 0.29) is 12.0 Å². The Balaban J connectivity index is 1.55. The van der Waals surface area contributed by atoms with Gasteiger partial charge in [-0.25, -0.2) is 9.97 Å². The van der Waals surface area contributed by atoms with Crippen molar-refractivity contribution in [3.05, 3.63) is 84.3 Å². The van der Waals surface area contributed by atoms with Gasteiger partial charge >= 0.3 is 0 Å². The molecule has 29 heavy (non-hydrogen) atoms. The molecule has 1 amide bonds. The van der Waals surface area contributed by atoms with Gasteiger partial charge in [-0.1, -0.05) is 48.5 Å². The third kappa shape index (κ3) is 4.97. The Bertz CT molecular complexity index is 928. The van der Waals surface area contributed by atoms with Gasteiger partial charge in [0, 0.05) is 31.5 Å². The maximum Gasteiger partial charge on any atom is 0.270 e. The molecular formula is C23H24N4O2. The van der Waals surface area contributed by atoms with Crippen molar-refractivity contribution in [1.82, 2.24) is 15.3 Å². The van der Waals surface area contributed by atoms with Gasteiger partial charge in [0.1, 0.15) is 17.8 Å². The first-order valence-corrected chi connectivity index (χ1v) is 9.88. The highest BCUT2D eigenvalue weighted by atomic mass is 16.5. The normalized spacial score (nSPS) is 15.8. The Kier molecular flexibility index (Phi) is 6.12. The zero-order valence-corrected chi connectivity index (χ0v) is 16.2. The molecule has 6 nitrogen and oxygen atoms in total. The van der Waals surface area contributed by atoms with E-state index in [0.29, 0.717) is 24.6 Å². The Labute approximate surface area is 170 Å². The molecule has 1 fully saturated rings. The lowest BCUT2D eigenvalue weighted by molar-refractivity contribution is 0.0853. The quantitative estimate of drug-likeness (QED) is 0.668. The van der Waals surface area contributed by atoms with Crippen LogP contribution in [0.2, 0.25) is 0 Å². The summed E-state index contributed by atoms with van der Waals surface area (Å²) in [4.78, 5) is 23.3. The summed E-state index contributed by atoms with van der Waals surface area (Å²) in [7, 11) is 0. The van der Waals surface area contributed by atoms with Crippen molar-refractivity contribution in [1.29, 1.82) is 0 Å². The van der Waals surface area contributed by atoms with E-state index in [9.17, 15) is 4.79 Å². The number of aromatic nitrogens is 2. The lowest BCUT2D eigenvalue weighted by Gasteiger charge is -2.24. The molecular weight excluding hydrogens is 364 g/mol. The first kappa shape index (κ1) is 19.1. The molecule has 1 aliphatic rings. The van der Waals surface area contributed by atoms with Crippen molar-refractivity contribution in [3.63, 3.8) is 0 Å². The molecule has 148 valence electrons. The van der Waals surface area contributed by atoms with Gasteiger partial charge in [0.15, 0.2) is 0 Å². The van der Waals surface area contributed by atoms with Crippen molar-refractivity contribution < 1.29 is 9.53 Å². The van der Waals surface area contributed by atoms with Crippen LogP contribution < -0.4 is 10.2 Å². The number of rotatable bonds is 7. The number of hydrogen-bond acceptors (Lipinski definition) is 5. The van der Waals surface area contributed by atoms with Gasteiger partial charge in [-0.05, 0) is 30.5 Å². The molecule has 6 heteroatoms. The average molecular weight is 388 g/mol. The Morgan fingerprint density at radius 1 is 1.07 bits per heavy atom. The summed E-state index contributed by atoms with van der Waals surface area (Å²) in [6, 6.07) is 21.9. The SMILES string of the molecule is O=C(NCC1CCCO1)c1cc(N(Cc2ccccc2)c2ccccc2)ncn1. The number of ether oxygens (including phenoxy) is 1. The van der Waals surface area contributed by atoms with Crippen LogP contribution in [-0.4, -0.2) is 35.1 Å². The van der Waals surface area contributed by atoms with E-state index < -0.39 is 0 Å². The van der Waals surface area contributed by atoms with Crippen LogP contribution in [0.15, 0.2) is 73.1 Å². The van der Waals surface area contributed by atoms with Gasteiger partial charge in [0.25, 0.3) is 5.91 Å². The topological polar surface area (TPSA) is 67.3 Å². The summed E-state index contributed by atoms with van der Waals surface area (Å²) in [5.41, 5.74) is 2.50. The molecule has 3 aromatic rings. The zero-order chi connectivity index (χ0) is 19.9. The van der Waals surface area contributed by atoms with E-state index in [1.807, 2.05) is 48.5 Å². The first-order chi connectivity index (χ1) is 14.3. The van der Waals surface area contributed by atoms with E-state index in [0.717, 1.165) is 30.7 Å². The minimum absolute atomic E-state index is 0.0964. The molecule has 4 rings (SSSR count). The van der Waals surface area contributed by atoms with Crippen LogP contribution in [0.4, 0.5) is 11.5 Å². The Morgan fingerprint density at radius 3 is 2.55 bits per heavy atom. The van der Waals surface area contributed by atoms with Crippen LogP contribution in [-0.2, 0) is 11.3 Å². The minimum atomic E-state index is -0.211.